The van der Waals surface area contributed by atoms with Crippen molar-refractivity contribution in [2.24, 2.45) is 0 Å². The summed E-state index contributed by atoms with van der Waals surface area (Å²) in [5.74, 6) is -0.823. The van der Waals surface area contributed by atoms with Gasteiger partial charge in [-0.1, -0.05) is 41.5 Å². The molecular formula is C13H20O2S. The number of thiophene rings is 1. The normalized spacial score (nSPS) is 12.9. The molecule has 90 valence electrons. The Bertz CT molecular complexity index is 403. The monoisotopic (exact) mass is 240 g/mol. The third kappa shape index (κ3) is 2.64. The predicted octanol–water partition coefficient (Wildman–Crippen LogP) is 4.04. The standard InChI is InChI=1S/C13H20O2S/c1-12(2,3)9-7-8(11(14)15)10(16-9)13(4,5)6/h7H,1-6H3,(H,14,15). The number of aromatic carboxylic acids is 1. The first-order valence-electron chi connectivity index (χ1n) is 5.41. The minimum atomic E-state index is -0.823. The Morgan fingerprint density at radius 1 is 1.12 bits per heavy atom. The molecule has 0 radical (unpaired) electrons. The van der Waals surface area contributed by atoms with Gasteiger partial charge >= 0.3 is 5.97 Å². The highest BCUT2D eigenvalue weighted by Gasteiger charge is 2.28. The van der Waals surface area contributed by atoms with E-state index in [1.165, 1.54) is 0 Å². The van der Waals surface area contributed by atoms with Gasteiger partial charge in [0.25, 0.3) is 0 Å². The predicted molar refractivity (Wildman–Crippen MR) is 68.7 cm³/mol. The van der Waals surface area contributed by atoms with Crippen LogP contribution in [0.3, 0.4) is 0 Å². The molecule has 0 aliphatic rings. The SMILES string of the molecule is CC(C)(C)c1cc(C(=O)O)c(C(C)(C)C)s1. The average Bonchev–Trinajstić information content (AvgIpc) is 2.44. The Hall–Kier alpha value is -0.830. The third-order valence-corrected chi connectivity index (χ3v) is 4.37. The lowest BCUT2D eigenvalue weighted by atomic mass is 9.90. The van der Waals surface area contributed by atoms with E-state index in [1.54, 1.807) is 11.3 Å². The Labute approximate surface area is 101 Å². The molecule has 1 aromatic rings. The molecule has 3 heteroatoms. The smallest absolute Gasteiger partial charge is 0.336 e. The van der Waals surface area contributed by atoms with Crippen molar-refractivity contribution in [1.82, 2.24) is 0 Å². The van der Waals surface area contributed by atoms with Crippen molar-refractivity contribution >= 4 is 17.3 Å². The molecule has 0 aliphatic carbocycles. The second-order valence-electron chi connectivity index (χ2n) is 6.16. The maximum Gasteiger partial charge on any atom is 0.336 e. The fraction of sp³-hybridized carbons (Fsp3) is 0.615. The minimum Gasteiger partial charge on any atom is -0.478 e. The lowest BCUT2D eigenvalue weighted by molar-refractivity contribution is 0.0695. The van der Waals surface area contributed by atoms with Gasteiger partial charge in [-0.25, -0.2) is 4.79 Å². The summed E-state index contributed by atoms with van der Waals surface area (Å²) in [7, 11) is 0. The molecule has 1 heterocycles. The molecule has 0 saturated carbocycles. The van der Waals surface area contributed by atoms with Crippen LogP contribution in [-0.4, -0.2) is 11.1 Å². The first kappa shape index (κ1) is 13.2. The summed E-state index contributed by atoms with van der Waals surface area (Å²) in [6, 6.07) is 1.83. The number of carboxylic acids is 1. The fourth-order valence-electron chi connectivity index (χ4n) is 1.48. The summed E-state index contributed by atoms with van der Waals surface area (Å²) in [5, 5.41) is 9.21. The first-order valence-corrected chi connectivity index (χ1v) is 6.23. The quantitative estimate of drug-likeness (QED) is 0.804. The van der Waals surface area contributed by atoms with Crippen LogP contribution in [0.2, 0.25) is 0 Å². The van der Waals surface area contributed by atoms with Gasteiger partial charge in [-0.15, -0.1) is 11.3 Å². The number of carbonyl (C=O) groups is 1. The van der Waals surface area contributed by atoms with Gasteiger partial charge in [0, 0.05) is 9.75 Å². The summed E-state index contributed by atoms with van der Waals surface area (Å²) in [6.45, 7) is 12.5. The highest BCUT2D eigenvalue weighted by molar-refractivity contribution is 7.12. The molecule has 0 aliphatic heterocycles. The number of carboxylic acid groups (broad SMARTS) is 1. The van der Waals surface area contributed by atoms with Crippen LogP contribution in [0.4, 0.5) is 0 Å². The van der Waals surface area contributed by atoms with Crippen LogP contribution in [0, 0.1) is 0 Å². The average molecular weight is 240 g/mol. The van der Waals surface area contributed by atoms with Crippen molar-refractivity contribution in [1.29, 1.82) is 0 Å². The van der Waals surface area contributed by atoms with Crippen LogP contribution in [0.1, 0.15) is 61.7 Å². The van der Waals surface area contributed by atoms with E-state index in [-0.39, 0.29) is 10.8 Å². The minimum absolute atomic E-state index is 0.0123. The molecule has 2 nitrogen and oxygen atoms in total. The van der Waals surface area contributed by atoms with Crippen molar-refractivity contribution in [3.63, 3.8) is 0 Å². The van der Waals surface area contributed by atoms with E-state index in [1.807, 2.05) is 6.07 Å². The Morgan fingerprint density at radius 3 is 1.88 bits per heavy atom. The van der Waals surface area contributed by atoms with Crippen LogP contribution in [0.25, 0.3) is 0 Å². The number of hydrogen-bond donors (Lipinski definition) is 1. The lowest BCUT2D eigenvalue weighted by Crippen LogP contribution is -2.13. The van der Waals surface area contributed by atoms with Crippen molar-refractivity contribution in [3.8, 4) is 0 Å². The highest BCUT2D eigenvalue weighted by Crippen LogP contribution is 2.38. The zero-order valence-electron chi connectivity index (χ0n) is 10.8. The molecule has 1 aromatic heterocycles. The maximum absolute atomic E-state index is 11.2. The van der Waals surface area contributed by atoms with Crippen LogP contribution in [0.15, 0.2) is 6.07 Å². The van der Waals surface area contributed by atoms with Gasteiger partial charge in [-0.2, -0.15) is 0 Å². The molecule has 1 N–H and O–H groups in total. The molecule has 0 bridgehead atoms. The van der Waals surface area contributed by atoms with E-state index in [9.17, 15) is 9.90 Å². The van der Waals surface area contributed by atoms with Crippen LogP contribution >= 0.6 is 11.3 Å². The molecule has 0 atom stereocenters. The van der Waals surface area contributed by atoms with Crippen molar-refractivity contribution in [2.45, 2.75) is 52.4 Å². The van der Waals surface area contributed by atoms with E-state index < -0.39 is 5.97 Å². The molecule has 0 unspecified atom stereocenters. The van der Waals surface area contributed by atoms with E-state index >= 15 is 0 Å². The van der Waals surface area contributed by atoms with Gasteiger partial charge in [0.15, 0.2) is 0 Å². The molecule has 16 heavy (non-hydrogen) atoms. The van der Waals surface area contributed by atoms with Crippen molar-refractivity contribution < 1.29 is 9.90 Å². The molecular weight excluding hydrogens is 220 g/mol. The summed E-state index contributed by atoms with van der Waals surface area (Å²) >= 11 is 1.62. The Kier molecular flexibility index (Phi) is 3.21. The highest BCUT2D eigenvalue weighted by atomic mass is 32.1. The zero-order chi connectivity index (χ0) is 12.7. The Balaban J connectivity index is 3.38. The second kappa shape index (κ2) is 3.88. The second-order valence-corrected chi connectivity index (χ2v) is 7.21. The van der Waals surface area contributed by atoms with Gasteiger partial charge in [0.1, 0.15) is 0 Å². The molecule has 0 amide bonds. The Morgan fingerprint density at radius 2 is 1.62 bits per heavy atom. The molecule has 0 saturated heterocycles. The van der Waals surface area contributed by atoms with Gasteiger partial charge < -0.3 is 5.11 Å². The zero-order valence-corrected chi connectivity index (χ0v) is 11.7. The summed E-state index contributed by atoms with van der Waals surface area (Å²) in [4.78, 5) is 13.3. The summed E-state index contributed by atoms with van der Waals surface area (Å²) in [5.41, 5.74) is 0.364. The van der Waals surface area contributed by atoms with E-state index in [4.69, 9.17) is 0 Å². The van der Waals surface area contributed by atoms with Crippen molar-refractivity contribution in [3.05, 3.63) is 21.4 Å². The molecule has 0 aromatic carbocycles. The summed E-state index contributed by atoms with van der Waals surface area (Å²) in [6.07, 6.45) is 0. The van der Waals surface area contributed by atoms with E-state index in [0.717, 1.165) is 9.75 Å². The van der Waals surface area contributed by atoms with Crippen molar-refractivity contribution in [2.75, 3.05) is 0 Å². The lowest BCUT2D eigenvalue weighted by Gasteiger charge is -2.18. The topological polar surface area (TPSA) is 37.3 Å². The summed E-state index contributed by atoms with van der Waals surface area (Å²) < 4.78 is 0. The van der Waals surface area contributed by atoms with Crippen LogP contribution in [0.5, 0.6) is 0 Å². The van der Waals surface area contributed by atoms with Gasteiger partial charge in [-0.3, -0.25) is 0 Å². The number of rotatable bonds is 1. The third-order valence-electron chi connectivity index (χ3n) is 2.38. The van der Waals surface area contributed by atoms with Crippen LogP contribution in [-0.2, 0) is 10.8 Å². The fourth-order valence-corrected chi connectivity index (χ4v) is 2.74. The molecule has 0 spiro atoms. The van der Waals surface area contributed by atoms with Gasteiger partial charge in [0.05, 0.1) is 5.56 Å². The molecule has 1 rings (SSSR count). The van der Waals surface area contributed by atoms with Crippen LogP contribution < -0.4 is 0 Å². The largest absolute Gasteiger partial charge is 0.478 e. The maximum atomic E-state index is 11.2. The van der Waals surface area contributed by atoms with Gasteiger partial charge in [0.2, 0.25) is 0 Å². The molecule has 0 fully saturated rings. The first-order chi connectivity index (χ1) is 7.03. The van der Waals surface area contributed by atoms with E-state index in [2.05, 4.69) is 41.5 Å². The van der Waals surface area contributed by atoms with Gasteiger partial charge in [-0.05, 0) is 16.9 Å². The van der Waals surface area contributed by atoms with E-state index in [0.29, 0.717) is 5.56 Å². The number of hydrogen-bond acceptors (Lipinski definition) is 2.